The molecule has 2 rings (SSSR count). The van der Waals surface area contributed by atoms with Gasteiger partial charge in [-0.15, -0.1) is 0 Å². The Balaban J connectivity index is 1.80. The Morgan fingerprint density at radius 1 is 1.23 bits per heavy atom. The Bertz CT molecular complexity index is 529. The SMILES string of the molecule is C[C@@H]1[C@H](C)CCC[C@H]1NC(=O)COC(=O)c1ccc(I)cc1. The van der Waals surface area contributed by atoms with E-state index in [1.807, 2.05) is 12.1 Å². The van der Waals surface area contributed by atoms with Gasteiger partial charge in [0.2, 0.25) is 0 Å². The zero-order valence-electron chi connectivity index (χ0n) is 13.0. The van der Waals surface area contributed by atoms with Gasteiger partial charge in [0, 0.05) is 9.61 Å². The highest BCUT2D eigenvalue weighted by atomic mass is 127. The number of carbonyl (C=O) groups is 2. The quantitative estimate of drug-likeness (QED) is 0.606. The maximum absolute atomic E-state index is 12.0. The molecule has 120 valence electrons. The van der Waals surface area contributed by atoms with E-state index in [-0.39, 0.29) is 18.6 Å². The molecule has 0 aromatic heterocycles. The summed E-state index contributed by atoms with van der Waals surface area (Å²) in [6.07, 6.45) is 3.36. The standard InChI is InChI=1S/C17H22INO3/c1-11-4-3-5-15(12(11)2)19-16(20)10-22-17(21)13-6-8-14(18)9-7-13/h6-9,11-12,15H,3-5,10H2,1-2H3,(H,19,20)/t11-,12-,15-/m1/s1. The number of nitrogens with one attached hydrogen (secondary N) is 1. The number of hydrogen-bond donors (Lipinski definition) is 1. The topological polar surface area (TPSA) is 55.4 Å². The van der Waals surface area contributed by atoms with Crippen LogP contribution in [0.25, 0.3) is 0 Å². The molecule has 1 saturated carbocycles. The molecule has 1 aromatic carbocycles. The number of hydrogen-bond acceptors (Lipinski definition) is 3. The molecule has 0 saturated heterocycles. The van der Waals surface area contributed by atoms with Crippen molar-refractivity contribution in [3.8, 4) is 0 Å². The lowest BCUT2D eigenvalue weighted by Gasteiger charge is -2.34. The number of halogens is 1. The molecule has 1 fully saturated rings. The summed E-state index contributed by atoms with van der Waals surface area (Å²) in [6.45, 7) is 4.18. The first-order chi connectivity index (χ1) is 10.5. The van der Waals surface area contributed by atoms with Crippen LogP contribution in [0.2, 0.25) is 0 Å². The van der Waals surface area contributed by atoms with Crippen molar-refractivity contribution in [3.63, 3.8) is 0 Å². The average molecular weight is 415 g/mol. The Morgan fingerprint density at radius 3 is 2.59 bits per heavy atom. The second-order valence-corrected chi connectivity index (χ2v) is 7.27. The molecule has 1 aliphatic rings. The maximum atomic E-state index is 12.0. The third-order valence-corrected chi connectivity index (χ3v) is 5.19. The Hall–Kier alpha value is -1.11. The van der Waals surface area contributed by atoms with Gasteiger partial charge in [-0.2, -0.15) is 0 Å². The van der Waals surface area contributed by atoms with Crippen LogP contribution in [0.1, 0.15) is 43.5 Å². The number of amides is 1. The highest BCUT2D eigenvalue weighted by Crippen LogP contribution is 2.29. The van der Waals surface area contributed by atoms with Crippen LogP contribution in [0.4, 0.5) is 0 Å². The lowest BCUT2D eigenvalue weighted by molar-refractivity contribution is -0.125. The number of esters is 1. The molecule has 0 heterocycles. The van der Waals surface area contributed by atoms with Crippen molar-refractivity contribution >= 4 is 34.5 Å². The second-order valence-electron chi connectivity index (χ2n) is 6.02. The van der Waals surface area contributed by atoms with Gasteiger partial charge in [0.05, 0.1) is 5.56 Å². The summed E-state index contributed by atoms with van der Waals surface area (Å²) < 4.78 is 6.13. The van der Waals surface area contributed by atoms with Crippen LogP contribution in [0, 0.1) is 15.4 Å². The van der Waals surface area contributed by atoms with Crippen molar-refractivity contribution in [2.45, 2.75) is 39.2 Å². The third-order valence-electron chi connectivity index (χ3n) is 4.47. The number of ether oxygens (including phenoxy) is 1. The lowest BCUT2D eigenvalue weighted by atomic mass is 9.78. The van der Waals surface area contributed by atoms with E-state index in [1.165, 1.54) is 6.42 Å². The number of benzene rings is 1. The first-order valence-corrected chi connectivity index (χ1v) is 8.77. The molecular formula is C17H22INO3. The van der Waals surface area contributed by atoms with E-state index in [0.717, 1.165) is 16.4 Å². The number of carbonyl (C=O) groups excluding carboxylic acids is 2. The van der Waals surface area contributed by atoms with E-state index in [0.29, 0.717) is 17.4 Å². The van der Waals surface area contributed by atoms with E-state index in [4.69, 9.17) is 4.74 Å². The summed E-state index contributed by atoms with van der Waals surface area (Å²) in [5.74, 6) is 0.402. The maximum Gasteiger partial charge on any atom is 0.338 e. The monoisotopic (exact) mass is 415 g/mol. The average Bonchev–Trinajstić information content (AvgIpc) is 2.50. The summed E-state index contributed by atoms with van der Waals surface area (Å²) in [4.78, 5) is 23.8. The van der Waals surface area contributed by atoms with Gasteiger partial charge in [0.15, 0.2) is 6.61 Å². The van der Waals surface area contributed by atoms with E-state index < -0.39 is 5.97 Å². The van der Waals surface area contributed by atoms with Crippen molar-refractivity contribution in [3.05, 3.63) is 33.4 Å². The minimum Gasteiger partial charge on any atom is -0.452 e. The molecule has 1 N–H and O–H groups in total. The van der Waals surface area contributed by atoms with Crippen LogP contribution < -0.4 is 5.32 Å². The summed E-state index contributed by atoms with van der Waals surface area (Å²) in [6, 6.07) is 7.26. The first-order valence-electron chi connectivity index (χ1n) is 7.69. The van der Waals surface area contributed by atoms with Crippen molar-refractivity contribution in [2.24, 2.45) is 11.8 Å². The number of rotatable bonds is 4. The van der Waals surface area contributed by atoms with Gasteiger partial charge >= 0.3 is 5.97 Å². The van der Waals surface area contributed by atoms with Gasteiger partial charge in [-0.1, -0.05) is 26.7 Å². The van der Waals surface area contributed by atoms with E-state index in [1.54, 1.807) is 12.1 Å². The van der Waals surface area contributed by atoms with Crippen molar-refractivity contribution < 1.29 is 14.3 Å². The molecule has 5 heteroatoms. The van der Waals surface area contributed by atoms with Crippen molar-refractivity contribution in [2.75, 3.05) is 6.61 Å². The summed E-state index contributed by atoms with van der Waals surface area (Å²) in [7, 11) is 0. The largest absolute Gasteiger partial charge is 0.452 e. The Morgan fingerprint density at radius 2 is 1.91 bits per heavy atom. The van der Waals surface area contributed by atoms with Crippen LogP contribution in [0.5, 0.6) is 0 Å². The predicted molar refractivity (Wildman–Crippen MR) is 93.6 cm³/mol. The highest BCUT2D eigenvalue weighted by Gasteiger charge is 2.28. The molecule has 0 bridgehead atoms. The minimum atomic E-state index is -0.461. The molecule has 0 radical (unpaired) electrons. The van der Waals surface area contributed by atoms with Gasteiger partial charge in [0.1, 0.15) is 0 Å². The van der Waals surface area contributed by atoms with E-state index in [9.17, 15) is 9.59 Å². The molecule has 3 atom stereocenters. The van der Waals surface area contributed by atoms with Crippen molar-refractivity contribution in [1.29, 1.82) is 0 Å². The van der Waals surface area contributed by atoms with Gasteiger partial charge in [-0.25, -0.2) is 4.79 Å². The molecule has 1 amide bonds. The molecule has 22 heavy (non-hydrogen) atoms. The molecule has 1 aliphatic carbocycles. The summed E-state index contributed by atoms with van der Waals surface area (Å²) in [5.41, 5.74) is 0.466. The second kappa shape index (κ2) is 7.94. The van der Waals surface area contributed by atoms with E-state index >= 15 is 0 Å². The summed E-state index contributed by atoms with van der Waals surface area (Å²) >= 11 is 2.17. The molecule has 0 spiro atoms. The molecule has 0 unspecified atom stereocenters. The van der Waals surface area contributed by atoms with Crippen LogP contribution in [0.15, 0.2) is 24.3 Å². The predicted octanol–water partition coefficient (Wildman–Crippen LogP) is 3.39. The smallest absolute Gasteiger partial charge is 0.338 e. The highest BCUT2D eigenvalue weighted by molar-refractivity contribution is 14.1. The zero-order valence-corrected chi connectivity index (χ0v) is 15.1. The fourth-order valence-corrected chi connectivity index (χ4v) is 3.19. The molecule has 0 aliphatic heterocycles. The van der Waals surface area contributed by atoms with Crippen LogP contribution in [-0.4, -0.2) is 24.5 Å². The minimum absolute atomic E-state index is 0.188. The fourth-order valence-electron chi connectivity index (χ4n) is 2.83. The van der Waals surface area contributed by atoms with Gasteiger partial charge in [0.25, 0.3) is 5.91 Å². The Labute approximate surface area is 145 Å². The van der Waals surface area contributed by atoms with Crippen LogP contribution >= 0.6 is 22.6 Å². The van der Waals surface area contributed by atoms with Crippen molar-refractivity contribution in [1.82, 2.24) is 5.32 Å². The summed E-state index contributed by atoms with van der Waals surface area (Å²) in [5, 5.41) is 3.00. The third kappa shape index (κ3) is 4.69. The molecule has 4 nitrogen and oxygen atoms in total. The van der Waals surface area contributed by atoms with Gasteiger partial charge in [-0.05, 0) is 65.1 Å². The van der Waals surface area contributed by atoms with Gasteiger partial charge < -0.3 is 10.1 Å². The Kier molecular flexibility index (Phi) is 6.23. The first kappa shape index (κ1) is 17.2. The normalized spacial score (nSPS) is 24.6. The van der Waals surface area contributed by atoms with Crippen LogP contribution in [0.3, 0.4) is 0 Å². The molecular weight excluding hydrogens is 393 g/mol. The van der Waals surface area contributed by atoms with Gasteiger partial charge in [-0.3, -0.25) is 4.79 Å². The zero-order chi connectivity index (χ0) is 16.1. The fraction of sp³-hybridized carbons (Fsp3) is 0.529. The molecule has 1 aromatic rings. The van der Waals surface area contributed by atoms with Crippen LogP contribution in [-0.2, 0) is 9.53 Å². The lowest BCUT2D eigenvalue weighted by Crippen LogP contribution is -2.45. The van der Waals surface area contributed by atoms with E-state index in [2.05, 4.69) is 41.8 Å².